The van der Waals surface area contributed by atoms with E-state index in [4.69, 9.17) is 0 Å². The van der Waals surface area contributed by atoms with E-state index in [0.717, 1.165) is 13.1 Å². The van der Waals surface area contributed by atoms with Crippen molar-refractivity contribution in [3.63, 3.8) is 0 Å². The molecule has 0 aromatic heterocycles. The summed E-state index contributed by atoms with van der Waals surface area (Å²) in [6.45, 7) is 5.67. The van der Waals surface area contributed by atoms with Gasteiger partial charge in [-0.15, -0.1) is 12.4 Å². The molecule has 0 saturated carbocycles. The maximum absolute atomic E-state index is 12.1. The van der Waals surface area contributed by atoms with E-state index >= 15 is 0 Å². The van der Waals surface area contributed by atoms with E-state index in [9.17, 15) is 9.59 Å². The van der Waals surface area contributed by atoms with Gasteiger partial charge in [0.2, 0.25) is 11.8 Å². The maximum Gasteiger partial charge on any atom is 0.236 e. The zero-order valence-corrected chi connectivity index (χ0v) is 13.0. The molecule has 2 heterocycles. The molecule has 1 N–H and O–H groups in total. The zero-order chi connectivity index (χ0) is 13.7. The molecule has 2 aliphatic heterocycles. The third-order valence-corrected chi connectivity index (χ3v) is 3.87. The standard InChI is InChI=1S/C13H24N4O2.ClH/c1-14-10-12(18)16-6-8-17(9-7-16)13(19)11-15-4-2-3-5-15;/h14H,2-11H2,1H3;1H. The Morgan fingerprint density at radius 1 is 0.900 bits per heavy atom. The van der Waals surface area contributed by atoms with Crippen molar-refractivity contribution in [1.29, 1.82) is 0 Å². The number of nitrogens with one attached hydrogen (secondary N) is 1. The molecule has 116 valence electrons. The maximum atomic E-state index is 12.1. The van der Waals surface area contributed by atoms with Gasteiger partial charge in [0, 0.05) is 26.2 Å². The number of carbonyl (C=O) groups is 2. The van der Waals surface area contributed by atoms with Crippen molar-refractivity contribution in [2.75, 3.05) is 59.4 Å². The highest BCUT2D eigenvalue weighted by atomic mass is 35.5. The molecule has 0 unspecified atom stereocenters. The van der Waals surface area contributed by atoms with Crippen LogP contribution in [-0.4, -0.2) is 85.9 Å². The lowest BCUT2D eigenvalue weighted by Gasteiger charge is -2.35. The first-order valence-electron chi connectivity index (χ1n) is 7.13. The van der Waals surface area contributed by atoms with Gasteiger partial charge in [0.15, 0.2) is 0 Å². The number of amides is 2. The number of hydrogen-bond donors (Lipinski definition) is 1. The number of nitrogens with zero attached hydrogens (tertiary/aromatic N) is 3. The minimum atomic E-state index is 0. The van der Waals surface area contributed by atoms with Gasteiger partial charge in [-0.05, 0) is 33.0 Å². The van der Waals surface area contributed by atoms with Gasteiger partial charge in [0.05, 0.1) is 13.1 Å². The van der Waals surface area contributed by atoms with E-state index in [0.29, 0.717) is 39.3 Å². The highest BCUT2D eigenvalue weighted by molar-refractivity contribution is 5.85. The number of likely N-dealkylation sites (tertiary alicyclic amines) is 1. The third kappa shape index (κ3) is 4.61. The number of halogens is 1. The molecule has 7 heteroatoms. The second-order valence-corrected chi connectivity index (χ2v) is 5.28. The van der Waals surface area contributed by atoms with Crippen LogP contribution in [0.3, 0.4) is 0 Å². The van der Waals surface area contributed by atoms with Crippen molar-refractivity contribution in [2.24, 2.45) is 0 Å². The third-order valence-electron chi connectivity index (χ3n) is 3.87. The first-order valence-corrected chi connectivity index (χ1v) is 7.13. The molecule has 0 spiro atoms. The van der Waals surface area contributed by atoms with Crippen molar-refractivity contribution in [2.45, 2.75) is 12.8 Å². The van der Waals surface area contributed by atoms with Gasteiger partial charge in [-0.25, -0.2) is 0 Å². The fraction of sp³-hybridized carbons (Fsp3) is 0.846. The lowest BCUT2D eigenvalue weighted by atomic mass is 10.3. The molecular formula is C13H25ClN4O2. The van der Waals surface area contributed by atoms with E-state index in [1.807, 2.05) is 9.80 Å². The summed E-state index contributed by atoms with van der Waals surface area (Å²) >= 11 is 0. The van der Waals surface area contributed by atoms with Gasteiger partial charge in [0.25, 0.3) is 0 Å². The summed E-state index contributed by atoms with van der Waals surface area (Å²) in [5.74, 6) is 0.330. The Morgan fingerprint density at radius 2 is 1.40 bits per heavy atom. The Morgan fingerprint density at radius 3 is 1.90 bits per heavy atom. The highest BCUT2D eigenvalue weighted by Gasteiger charge is 2.25. The van der Waals surface area contributed by atoms with E-state index < -0.39 is 0 Å². The van der Waals surface area contributed by atoms with Crippen LogP contribution in [0.2, 0.25) is 0 Å². The summed E-state index contributed by atoms with van der Waals surface area (Å²) in [5.41, 5.74) is 0. The van der Waals surface area contributed by atoms with Crippen LogP contribution in [-0.2, 0) is 9.59 Å². The van der Waals surface area contributed by atoms with Crippen LogP contribution >= 0.6 is 12.4 Å². The van der Waals surface area contributed by atoms with Crippen LogP contribution < -0.4 is 5.32 Å². The van der Waals surface area contributed by atoms with E-state index in [2.05, 4.69) is 10.2 Å². The molecule has 2 rings (SSSR count). The van der Waals surface area contributed by atoms with Crippen LogP contribution in [0.4, 0.5) is 0 Å². The van der Waals surface area contributed by atoms with Crippen LogP contribution in [0.15, 0.2) is 0 Å². The molecule has 2 aliphatic rings. The van der Waals surface area contributed by atoms with Gasteiger partial charge in [-0.1, -0.05) is 0 Å². The van der Waals surface area contributed by atoms with Gasteiger partial charge in [-0.2, -0.15) is 0 Å². The Kier molecular flexibility index (Phi) is 7.26. The molecule has 2 amide bonds. The molecule has 6 nitrogen and oxygen atoms in total. The monoisotopic (exact) mass is 304 g/mol. The number of likely N-dealkylation sites (N-methyl/N-ethyl adjacent to an activating group) is 1. The highest BCUT2D eigenvalue weighted by Crippen LogP contribution is 2.09. The van der Waals surface area contributed by atoms with Crippen LogP contribution in [0, 0.1) is 0 Å². The zero-order valence-electron chi connectivity index (χ0n) is 12.1. The van der Waals surface area contributed by atoms with Crippen LogP contribution in [0.25, 0.3) is 0 Å². The van der Waals surface area contributed by atoms with Gasteiger partial charge >= 0.3 is 0 Å². The number of rotatable bonds is 4. The van der Waals surface area contributed by atoms with E-state index in [1.54, 1.807) is 7.05 Å². The van der Waals surface area contributed by atoms with Crippen molar-refractivity contribution in [3.05, 3.63) is 0 Å². The minimum absolute atomic E-state index is 0. The second kappa shape index (κ2) is 8.44. The van der Waals surface area contributed by atoms with Gasteiger partial charge < -0.3 is 15.1 Å². The lowest BCUT2D eigenvalue weighted by Crippen LogP contribution is -2.53. The molecule has 20 heavy (non-hydrogen) atoms. The first kappa shape index (κ1) is 17.2. The molecule has 0 atom stereocenters. The molecule has 0 bridgehead atoms. The molecular weight excluding hydrogens is 280 g/mol. The van der Waals surface area contributed by atoms with E-state index in [1.165, 1.54) is 12.8 Å². The predicted molar refractivity (Wildman–Crippen MR) is 80.0 cm³/mol. The second-order valence-electron chi connectivity index (χ2n) is 5.28. The summed E-state index contributed by atoms with van der Waals surface area (Å²) in [7, 11) is 1.77. The predicted octanol–water partition coefficient (Wildman–Crippen LogP) is -0.606. The summed E-state index contributed by atoms with van der Waals surface area (Å²) in [4.78, 5) is 29.8. The number of hydrogen-bond acceptors (Lipinski definition) is 4. The summed E-state index contributed by atoms with van der Waals surface area (Å²) < 4.78 is 0. The van der Waals surface area contributed by atoms with Crippen molar-refractivity contribution in [1.82, 2.24) is 20.0 Å². The first-order chi connectivity index (χ1) is 9.20. The normalized spacial score (nSPS) is 19.9. The SMILES string of the molecule is CNCC(=O)N1CCN(C(=O)CN2CCCC2)CC1.Cl. The van der Waals surface area contributed by atoms with Gasteiger partial charge in [0.1, 0.15) is 0 Å². The van der Waals surface area contributed by atoms with Crippen molar-refractivity contribution >= 4 is 24.2 Å². The topological polar surface area (TPSA) is 55.9 Å². The number of piperazine rings is 1. The Bertz CT molecular complexity index is 326. The van der Waals surface area contributed by atoms with Crippen molar-refractivity contribution < 1.29 is 9.59 Å². The average Bonchev–Trinajstić information content (AvgIpc) is 2.92. The fourth-order valence-corrected chi connectivity index (χ4v) is 2.70. The quantitative estimate of drug-likeness (QED) is 0.753. The number of carbonyl (C=O) groups excluding carboxylic acids is 2. The van der Waals surface area contributed by atoms with Crippen molar-refractivity contribution in [3.8, 4) is 0 Å². The Labute approximate surface area is 126 Å². The fourth-order valence-electron chi connectivity index (χ4n) is 2.70. The Balaban J connectivity index is 0.00000200. The van der Waals surface area contributed by atoms with Crippen LogP contribution in [0.5, 0.6) is 0 Å². The Hall–Kier alpha value is -0.850. The smallest absolute Gasteiger partial charge is 0.236 e. The summed E-state index contributed by atoms with van der Waals surface area (Å²) in [5, 5.41) is 2.87. The molecule has 0 aromatic carbocycles. The van der Waals surface area contributed by atoms with Gasteiger partial charge in [-0.3, -0.25) is 14.5 Å². The lowest BCUT2D eigenvalue weighted by molar-refractivity contribution is -0.139. The molecule has 0 aliphatic carbocycles. The largest absolute Gasteiger partial charge is 0.338 e. The average molecular weight is 305 g/mol. The molecule has 2 saturated heterocycles. The van der Waals surface area contributed by atoms with E-state index in [-0.39, 0.29) is 24.2 Å². The summed E-state index contributed by atoms with van der Waals surface area (Å²) in [6.07, 6.45) is 2.42. The molecule has 2 fully saturated rings. The van der Waals surface area contributed by atoms with Crippen LogP contribution in [0.1, 0.15) is 12.8 Å². The molecule has 0 radical (unpaired) electrons. The summed E-state index contributed by atoms with van der Waals surface area (Å²) in [6, 6.07) is 0. The molecule has 0 aromatic rings. The minimum Gasteiger partial charge on any atom is -0.338 e.